The molecule has 1 aromatic heterocycles. The second-order valence-corrected chi connectivity index (χ2v) is 10.6. The lowest BCUT2D eigenvalue weighted by molar-refractivity contribution is -0.645. The maximum atomic E-state index is 13.9. The molecule has 2 N–H and O–H groups in total. The quantitative estimate of drug-likeness (QED) is 0.103. The molecule has 0 aliphatic rings. The smallest absolute Gasteiger partial charge is 0.345 e. The number of aromatic carboxylic acids is 1. The summed E-state index contributed by atoms with van der Waals surface area (Å²) in [5.74, 6) is -0.961. The molecule has 0 radical (unpaired) electrons. The van der Waals surface area contributed by atoms with Crippen LogP contribution in [0, 0.1) is 13.8 Å². The average Bonchev–Trinajstić information content (AvgIpc) is 2.88. The highest BCUT2D eigenvalue weighted by molar-refractivity contribution is 7.85. The van der Waals surface area contributed by atoms with E-state index in [1.165, 1.54) is 26.4 Å². The van der Waals surface area contributed by atoms with Crippen molar-refractivity contribution in [1.82, 2.24) is 0 Å². The molecule has 4 rings (SSSR count). The number of aryl methyl sites for hydroxylation is 3. The van der Waals surface area contributed by atoms with Gasteiger partial charge in [-0.25, -0.2) is 9.59 Å². The summed E-state index contributed by atoms with van der Waals surface area (Å²) in [6, 6.07) is 13.2. The number of fused-ring (bicyclic) bond motifs is 2. The normalized spacial score (nSPS) is 11.5. The molecule has 1 heterocycles. The topological polar surface area (TPSA) is 140 Å². The zero-order chi connectivity index (χ0) is 28.5. The van der Waals surface area contributed by atoms with Crippen LogP contribution in [0.15, 0.2) is 48.5 Å². The van der Waals surface area contributed by atoms with Crippen LogP contribution in [0.5, 0.6) is 17.2 Å². The summed E-state index contributed by atoms with van der Waals surface area (Å²) in [4.78, 5) is 25.3. The van der Waals surface area contributed by atoms with Crippen molar-refractivity contribution in [1.29, 1.82) is 0 Å². The maximum absolute atomic E-state index is 13.9. The lowest BCUT2D eigenvalue weighted by Crippen LogP contribution is -2.37. The Morgan fingerprint density at radius 1 is 0.872 bits per heavy atom. The number of benzene rings is 3. The molecule has 39 heavy (non-hydrogen) atoms. The van der Waals surface area contributed by atoms with Crippen molar-refractivity contribution < 1.29 is 46.4 Å². The van der Waals surface area contributed by atoms with Crippen molar-refractivity contribution in [3.05, 3.63) is 70.8 Å². The lowest BCUT2D eigenvalue weighted by Gasteiger charge is -2.15. The molecule has 0 aliphatic carbocycles. The van der Waals surface area contributed by atoms with Crippen LogP contribution in [-0.4, -0.2) is 50.0 Å². The SMILES string of the molecule is COc1ccc2c(c1)c(C(=O)Oc1c(C)cc(C(=O)O)cc1C)c1cc(OC)ccc1[n+]2CCCS(=O)(=O)O. The number of methoxy groups -OCH3 is 2. The van der Waals surface area contributed by atoms with Crippen LogP contribution in [0.25, 0.3) is 21.8 Å². The molecule has 4 aromatic rings. The number of nitrogens with zero attached hydrogens (tertiary/aromatic N) is 1. The molecule has 0 saturated heterocycles. The Balaban J connectivity index is 1.96. The monoisotopic (exact) mass is 554 g/mol. The van der Waals surface area contributed by atoms with Gasteiger partial charge in [0, 0.05) is 18.6 Å². The van der Waals surface area contributed by atoms with E-state index in [4.69, 9.17) is 14.2 Å². The van der Waals surface area contributed by atoms with E-state index in [9.17, 15) is 27.7 Å². The zero-order valence-electron chi connectivity index (χ0n) is 21.8. The van der Waals surface area contributed by atoms with Crippen LogP contribution in [-0.2, 0) is 16.7 Å². The van der Waals surface area contributed by atoms with E-state index < -0.39 is 27.8 Å². The van der Waals surface area contributed by atoms with Crippen molar-refractivity contribution in [2.24, 2.45) is 0 Å². The molecule has 0 unspecified atom stereocenters. The number of pyridine rings is 1. The Hall–Kier alpha value is -4.22. The minimum absolute atomic E-state index is 0.0841. The molecule has 0 amide bonds. The third-order valence-electron chi connectivity index (χ3n) is 6.42. The van der Waals surface area contributed by atoms with E-state index in [0.29, 0.717) is 44.4 Å². The minimum Gasteiger partial charge on any atom is -0.497 e. The lowest BCUT2D eigenvalue weighted by atomic mass is 10.0. The summed E-state index contributed by atoms with van der Waals surface area (Å²) in [6.45, 7) is 3.56. The molecule has 0 bridgehead atoms. The van der Waals surface area contributed by atoms with Crippen molar-refractivity contribution in [2.75, 3.05) is 20.0 Å². The second-order valence-electron chi connectivity index (χ2n) is 9.07. The van der Waals surface area contributed by atoms with Gasteiger partial charge >= 0.3 is 11.9 Å². The summed E-state index contributed by atoms with van der Waals surface area (Å²) < 4.78 is 50.6. The predicted octanol–water partition coefficient (Wildman–Crippen LogP) is 4.11. The summed E-state index contributed by atoms with van der Waals surface area (Å²) >= 11 is 0. The highest BCUT2D eigenvalue weighted by atomic mass is 32.2. The van der Waals surface area contributed by atoms with Crippen LogP contribution in [0.1, 0.15) is 38.3 Å². The first-order valence-electron chi connectivity index (χ1n) is 12.0. The minimum atomic E-state index is -4.16. The number of hydrogen-bond acceptors (Lipinski definition) is 7. The molecular weight excluding hydrogens is 526 g/mol. The van der Waals surface area contributed by atoms with E-state index in [1.807, 2.05) is 4.57 Å². The fourth-order valence-electron chi connectivity index (χ4n) is 4.67. The first-order valence-corrected chi connectivity index (χ1v) is 13.6. The van der Waals surface area contributed by atoms with Gasteiger partial charge in [0.25, 0.3) is 10.1 Å². The first kappa shape index (κ1) is 27.8. The largest absolute Gasteiger partial charge is 0.497 e. The molecule has 3 aromatic carbocycles. The Bertz CT molecular complexity index is 1640. The number of esters is 1. The number of carbonyl (C=O) groups is 2. The van der Waals surface area contributed by atoms with Crippen molar-refractivity contribution in [3.8, 4) is 17.2 Å². The molecule has 204 valence electrons. The fourth-order valence-corrected chi connectivity index (χ4v) is 5.17. The highest BCUT2D eigenvalue weighted by Crippen LogP contribution is 2.33. The Kier molecular flexibility index (Phi) is 7.75. The number of carbonyl (C=O) groups excluding carboxylic acids is 1. The van der Waals surface area contributed by atoms with Crippen LogP contribution in [0.4, 0.5) is 0 Å². The van der Waals surface area contributed by atoms with Gasteiger partial charge in [0.15, 0.2) is 6.54 Å². The first-order chi connectivity index (χ1) is 18.4. The van der Waals surface area contributed by atoms with Crippen LogP contribution < -0.4 is 18.8 Å². The number of carboxylic acid groups (broad SMARTS) is 1. The molecule has 11 heteroatoms. The fraction of sp³-hybridized carbons (Fsp3) is 0.250. The van der Waals surface area contributed by atoms with Gasteiger partial charge in [-0.2, -0.15) is 13.0 Å². The summed E-state index contributed by atoms with van der Waals surface area (Å²) in [6.07, 6.45) is 0.129. The van der Waals surface area contributed by atoms with Gasteiger partial charge in [0.05, 0.1) is 41.9 Å². The van der Waals surface area contributed by atoms with Gasteiger partial charge in [-0.15, -0.1) is 0 Å². The Labute approximate surface area is 225 Å². The van der Waals surface area contributed by atoms with E-state index in [2.05, 4.69) is 0 Å². The number of aromatic nitrogens is 1. The third kappa shape index (κ3) is 5.79. The standard InChI is InChI=1S/C28H27NO9S/c1-16-12-18(27(30)31)13-17(2)26(16)38-28(32)25-21-14-19(36-3)6-8-23(21)29(10-5-11-39(33,34)35)24-9-7-20(37-4)15-22(24)25/h6-9,12-15H,5,10-11H2,1-4H3,(H-,30,31,33,34,35)/p+1. The summed E-state index contributed by atoms with van der Waals surface area (Å²) in [7, 11) is -1.16. The molecule has 0 spiro atoms. The summed E-state index contributed by atoms with van der Waals surface area (Å²) in [5.41, 5.74) is 2.52. The molecule has 0 aliphatic heterocycles. The van der Waals surface area contributed by atoms with Crippen LogP contribution >= 0.6 is 0 Å². The second kappa shape index (κ2) is 10.9. The maximum Gasteiger partial charge on any atom is 0.345 e. The van der Waals surface area contributed by atoms with E-state index in [1.54, 1.807) is 50.2 Å². The summed E-state index contributed by atoms with van der Waals surface area (Å²) in [5, 5.41) is 10.4. The van der Waals surface area contributed by atoms with Gasteiger partial charge in [-0.1, -0.05) is 0 Å². The molecule has 10 nitrogen and oxygen atoms in total. The van der Waals surface area contributed by atoms with Gasteiger partial charge in [-0.05, 0) is 61.4 Å². The molecule has 0 fully saturated rings. The highest BCUT2D eigenvalue weighted by Gasteiger charge is 2.28. The van der Waals surface area contributed by atoms with Crippen molar-refractivity contribution >= 4 is 43.9 Å². The average molecular weight is 555 g/mol. The van der Waals surface area contributed by atoms with Gasteiger partial charge in [0.1, 0.15) is 17.2 Å². The zero-order valence-corrected chi connectivity index (χ0v) is 22.7. The third-order valence-corrected chi connectivity index (χ3v) is 7.22. The molecule has 0 saturated carbocycles. The Morgan fingerprint density at radius 3 is 1.82 bits per heavy atom. The Morgan fingerprint density at radius 2 is 1.38 bits per heavy atom. The van der Waals surface area contributed by atoms with Gasteiger partial charge in [0.2, 0.25) is 11.0 Å². The number of ether oxygens (including phenoxy) is 3. The molecule has 0 atom stereocenters. The van der Waals surface area contributed by atoms with Gasteiger partial charge in [-0.3, -0.25) is 4.55 Å². The van der Waals surface area contributed by atoms with E-state index in [-0.39, 0.29) is 29.8 Å². The van der Waals surface area contributed by atoms with Gasteiger partial charge < -0.3 is 19.3 Å². The van der Waals surface area contributed by atoms with Crippen LogP contribution in [0.3, 0.4) is 0 Å². The predicted molar refractivity (Wildman–Crippen MR) is 144 cm³/mol. The van der Waals surface area contributed by atoms with Crippen molar-refractivity contribution in [3.63, 3.8) is 0 Å². The van der Waals surface area contributed by atoms with E-state index >= 15 is 0 Å². The molecular formula is C28H28NO9S+. The van der Waals surface area contributed by atoms with Crippen molar-refractivity contribution in [2.45, 2.75) is 26.8 Å². The number of rotatable bonds is 9. The van der Waals surface area contributed by atoms with E-state index in [0.717, 1.165) is 0 Å². The number of carboxylic acids is 1. The van der Waals surface area contributed by atoms with Crippen LogP contribution in [0.2, 0.25) is 0 Å². The number of hydrogen-bond donors (Lipinski definition) is 2.